The van der Waals surface area contributed by atoms with E-state index in [1.54, 1.807) is 25.3 Å². The number of carboxylic acid groups (broad SMARTS) is 1. The van der Waals surface area contributed by atoms with E-state index < -0.39 is 5.97 Å². The van der Waals surface area contributed by atoms with E-state index in [9.17, 15) is 4.79 Å². The Labute approximate surface area is 98.1 Å². The summed E-state index contributed by atoms with van der Waals surface area (Å²) in [5.74, 6) is -0.0661. The average Bonchev–Trinajstić information content (AvgIpc) is 2.77. The molecule has 0 saturated carbocycles. The number of aryl methyl sites for hydroxylation is 2. The van der Waals surface area contributed by atoms with Crippen molar-refractivity contribution < 1.29 is 14.3 Å². The van der Waals surface area contributed by atoms with Gasteiger partial charge in [-0.05, 0) is 19.1 Å². The number of pyridine rings is 1. The molecule has 2 aromatic heterocycles. The smallest absolute Gasteiger partial charge is 0.355 e. The second kappa shape index (κ2) is 4.37. The zero-order valence-electron chi connectivity index (χ0n) is 9.60. The molecule has 0 saturated heterocycles. The fourth-order valence-electron chi connectivity index (χ4n) is 1.49. The van der Waals surface area contributed by atoms with Gasteiger partial charge in [-0.2, -0.15) is 0 Å². The molecule has 0 aromatic carbocycles. The van der Waals surface area contributed by atoms with Crippen molar-refractivity contribution in [3.8, 4) is 11.5 Å². The van der Waals surface area contributed by atoms with Crippen LogP contribution in [-0.2, 0) is 6.42 Å². The maximum Gasteiger partial charge on any atom is 0.355 e. The Morgan fingerprint density at radius 3 is 2.82 bits per heavy atom. The van der Waals surface area contributed by atoms with Crippen molar-refractivity contribution in [3.05, 3.63) is 35.5 Å². The van der Waals surface area contributed by atoms with Gasteiger partial charge in [0, 0.05) is 12.1 Å². The topological polar surface area (TPSA) is 76.2 Å². The second-order valence-corrected chi connectivity index (χ2v) is 3.64. The van der Waals surface area contributed by atoms with E-state index in [2.05, 4.69) is 9.97 Å². The van der Waals surface area contributed by atoms with Crippen LogP contribution >= 0.6 is 0 Å². The molecule has 0 atom stereocenters. The molecule has 0 spiro atoms. The van der Waals surface area contributed by atoms with Crippen LogP contribution < -0.4 is 0 Å². The summed E-state index contributed by atoms with van der Waals surface area (Å²) >= 11 is 0. The third-order valence-corrected chi connectivity index (χ3v) is 2.37. The lowest BCUT2D eigenvalue weighted by Crippen LogP contribution is -2.04. The Morgan fingerprint density at radius 2 is 2.24 bits per heavy atom. The van der Waals surface area contributed by atoms with Gasteiger partial charge in [-0.1, -0.05) is 6.92 Å². The van der Waals surface area contributed by atoms with E-state index in [1.807, 2.05) is 6.92 Å². The van der Waals surface area contributed by atoms with Crippen molar-refractivity contribution in [2.75, 3.05) is 0 Å². The minimum atomic E-state index is -1.08. The highest BCUT2D eigenvalue weighted by molar-refractivity contribution is 5.92. The van der Waals surface area contributed by atoms with Crippen LogP contribution in [0.2, 0.25) is 0 Å². The molecule has 1 N–H and O–H groups in total. The number of carboxylic acids is 1. The lowest BCUT2D eigenvalue weighted by atomic mass is 10.1. The van der Waals surface area contributed by atoms with Crippen molar-refractivity contribution in [2.45, 2.75) is 20.3 Å². The van der Waals surface area contributed by atoms with Crippen molar-refractivity contribution in [2.24, 2.45) is 0 Å². The third-order valence-electron chi connectivity index (χ3n) is 2.37. The number of nitrogens with zero attached hydrogens (tertiary/aromatic N) is 2. The first-order valence-corrected chi connectivity index (χ1v) is 5.28. The highest BCUT2D eigenvalue weighted by Gasteiger charge is 2.17. The van der Waals surface area contributed by atoms with Gasteiger partial charge < -0.3 is 9.52 Å². The predicted molar refractivity (Wildman–Crippen MR) is 60.8 cm³/mol. The molecule has 0 aliphatic rings. The molecule has 5 heteroatoms. The SMILES string of the molecule is CCc1cnc(-c2ccc(C)nc2C(=O)O)o1. The molecule has 0 bridgehead atoms. The van der Waals surface area contributed by atoms with Crippen LogP contribution in [0.5, 0.6) is 0 Å². The summed E-state index contributed by atoms with van der Waals surface area (Å²) in [6, 6.07) is 3.40. The Bertz CT molecular complexity index is 561. The zero-order valence-corrected chi connectivity index (χ0v) is 9.60. The van der Waals surface area contributed by atoms with E-state index in [0.29, 0.717) is 23.6 Å². The standard InChI is InChI=1S/C12H12N2O3/c1-3-8-6-13-11(17-8)9-5-4-7(2)14-10(9)12(15)16/h4-6H,3H2,1-2H3,(H,15,16). The van der Waals surface area contributed by atoms with Gasteiger partial charge in [0.05, 0.1) is 11.8 Å². The molecule has 5 nitrogen and oxygen atoms in total. The van der Waals surface area contributed by atoms with Crippen molar-refractivity contribution in [1.29, 1.82) is 0 Å². The number of hydrogen-bond acceptors (Lipinski definition) is 4. The van der Waals surface area contributed by atoms with E-state index in [0.717, 1.165) is 5.76 Å². The number of rotatable bonds is 3. The molecule has 2 heterocycles. The van der Waals surface area contributed by atoms with Gasteiger partial charge in [0.15, 0.2) is 5.69 Å². The summed E-state index contributed by atoms with van der Waals surface area (Å²) in [5, 5.41) is 9.08. The summed E-state index contributed by atoms with van der Waals surface area (Å²) < 4.78 is 5.44. The first kappa shape index (κ1) is 11.3. The number of hydrogen-bond donors (Lipinski definition) is 1. The summed E-state index contributed by atoms with van der Waals surface area (Å²) in [7, 11) is 0. The maximum atomic E-state index is 11.1. The monoisotopic (exact) mass is 232 g/mol. The van der Waals surface area contributed by atoms with Gasteiger partial charge in [-0.3, -0.25) is 0 Å². The lowest BCUT2D eigenvalue weighted by Gasteiger charge is -2.02. The molecule has 88 valence electrons. The fraction of sp³-hybridized carbons (Fsp3) is 0.250. The van der Waals surface area contributed by atoms with Crippen LogP contribution in [0.3, 0.4) is 0 Å². The molecule has 2 rings (SSSR count). The normalized spacial score (nSPS) is 10.5. The molecular weight excluding hydrogens is 220 g/mol. The summed E-state index contributed by atoms with van der Waals surface area (Å²) in [6.45, 7) is 3.68. The molecule has 2 aromatic rings. The van der Waals surface area contributed by atoms with Crippen molar-refractivity contribution in [3.63, 3.8) is 0 Å². The quantitative estimate of drug-likeness (QED) is 0.878. The maximum absolute atomic E-state index is 11.1. The number of oxazole rings is 1. The Hall–Kier alpha value is -2.17. The van der Waals surface area contributed by atoms with Gasteiger partial charge in [0.25, 0.3) is 0 Å². The summed E-state index contributed by atoms with van der Waals surface area (Å²) in [4.78, 5) is 19.1. The molecule has 0 amide bonds. The number of carbonyl (C=O) groups is 1. The van der Waals surface area contributed by atoms with E-state index in [4.69, 9.17) is 9.52 Å². The van der Waals surface area contributed by atoms with E-state index in [-0.39, 0.29) is 5.69 Å². The van der Waals surface area contributed by atoms with Crippen LogP contribution in [-0.4, -0.2) is 21.0 Å². The van der Waals surface area contributed by atoms with Gasteiger partial charge >= 0.3 is 5.97 Å². The van der Waals surface area contributed by atoms with Crippen molar-refractivity contribution >= 4 is 5.97 Å². The van der Waals surface area contributed by atoms with Crippen molar-refractivity contribution in [1.82, 2.24) is 9.97 Å². The second-order valence-electron chi connectivity index (χ2n) is 3.64. The molecular formula is C12H12N2O3. The fourth-order valence-corrected chi connectivity index (χ4v) is 1.49. The third kappa shape index (κ3) is 2.18. The molecule has 0 aliphatic carbocycles. The van der Waals surface area contributed by atoms with Crippen LogP contribution in [0.4, 0.5) is 0 Å². The number of aromatic carboxylic acids is 1. The van der Waals surface area contributed by atoms with Crippen LogP contribution in [0.1, 0.15) is 28.9 Å². The van der Waals surface area contributed by atoms with E-state index in [1.165, 1.54) is 0 Å². The minimum absolute atomic E-state index is 0.0329. The average molecular weight is 232 g/mol. The van der Waals surface area contributed by atoms with Gasteiger partial charge in [0.1, 0.15) is 5.76 Å². The summed E-state index contributed by atoms with van der Waals surface area (Å²) in [5.41, 5.74) is 1.02. The first-order valence-electron chi connectivity index (χ1n) is 5.28. The molecule has 0 fully saturated rings. The van der Waals surface area contributed by atoms with Crippen LogP contribution in [0.25, 0.3) is 11.5 Å². The molecule has 17 heavy (non-hydrogen) atoms. The summed E-state index contributed by atoms with van der Waals surface area (Å²) in [6.07, 6.45) is 2.31. The van der Waals surface area contributed by atoms with Gasteiger partial charge in [-0.15, -0.1) is 0 Å². The minimum Gasteiger partial charge on any atom is -0.476 e. The lowest BCUT2D eigenvalue weighted by molar-refractivity contribution is 0.0691. The number of aromatic nitrogens is 2. The molecule has 0 aliphatic heterocycles. The zero-order chi connectivity index (χ0) is 12.4. The molecule has 0 unspecified atom stereocenters. The Morgan fingerprint density at radius 1 is 1.47 bits per heavy atom. The van der Waals surface area contributed by atoms with E-state index >= 15 is 0 Å². The predicted octanol–water partition coefficient (Wildman–Crippen LogP) is 2.31. The largest absolute Gasteiger partial charge is 0.476 e. The van der Waals surface area contributed by atoms with Crippen LogP contribution in [0, 0.1) is 6.92 Å². The highest BCUT2D eigenvalue weighted by Crippen LogP contribution is 2.22. The molecule has 0 radical (unpaired) electrons. The Kier molecular flexibility index (Phi) is 2.91. The highest BCUT2D eigenvalue weighted by atomic mass is 16.4. The van der Waals surface area contributed by atoms with Gasteiger partial charge in [0.2, 0.25) is 5.89 Å². The first-order chi connectivity index (χ1) is 8.11. The van der Waals surface area contributed by atoms with Gasteiger partial charge in [-0.25, -0.2) is 14.8 Å². The Balaban J connectivity index is 2.54. The van der Waals surface area contributed by atoms with Crippen LogP contribution in [0.15, 0.2) is 22.7 Å².